The lowest BCUT2D eigenvalue weighted by molar-refractivity contribution is -0.184. The minimum atomic E-state index is -4.25. The number of rotatable bonds is 2. The van der Waals surface area contributed by atoms with Crippen LogP contribution in [0.3, 0.4) is 0 Å². The van der Waals surface area contributed by atoms with Crippen LogP contribution in [0.5, 0.6) is 0 Å². The molecule has 1 atom stereocenters. The van der Waals surface area contributed by atoms with Crippen molar-refractivity contribution in [1.82, 2.24) is 9.88 Å². The quantitative estimate of drug-likeness (QED) is 0.820. The first-order valence-corrected chi connectivity index (χ1v) is 8.14. The molecule has 1 aromatic heterocycles. The van der Waals surface area contributed by atoms with Crippen LogP contribution >= 0.6 is 11.3 Å². The molecular formula is C16H15F3N2OS. The lowest BCUT2D eigenvalue weighted by Crippen LogP contribution is -2.44. The summed E-state index contributed by atoms with van der Waals surface area (Å²) >= 11 is 1.21. The normalized spacial score (nSPS) is 18.9. The van der Waals surface area contributed by atoms with E-state index in [0.29, 0.717) is 22.9 Å². The van der Waals surface area contributed by atoms with Gasteiger partial charge in [-0.25, -0.2) is 4.98 Å². The Hall–Kier alpha value is -1.89. The molecule has 1 amide bonds. The number of thiazole rings is 1. The Morgan fingerprint density at radius 2 is 2.00 bits per heavy atom. The Morgan fingerprint density at radius 3 is 2.70 bits per heavy atom. The van der Waals surface area contributed by atoms with Gasteiger partial charge in [-0.1, -0.05) is 30.3 Å². The first kappa shape index (κ1) is 16.0. The third-order valence-corrected chi connectivity index (χ3v) is 4.94. The second kappa shape index (κ2) is 6.31. The first-order chi connectivity index (χ1) is 10.9. The summed E-state index contributed by atoms with van der Waals surface area (Å²) in [4.78, 5) is 18.3. The highest BCUT2D eigenvalue weighted by Gasteiger charge is 2.42. The largest absolute Gasteiger partial charge is 0.393 e. The molecular weight excluding hydrogens is 325 g/mol. The molecule has 1 fully saturated rings. The second-order valence-corrected chi connectivity index (χ2v) is 6.56. The zero-order chi connectivity index (χ0) is 16.4. The molecule has 2 aromatic rings. The number of carbonyl (C=O) groups is 1. The monoisotopic (exact) mass is 340 g/mol. The van der Waals surface area contributed by atoms with E-state index >= 15 is 0 Å². The molecule has 1 aliphatic heterocycles. The van der Waals surface area contributed by atoms with Gasteiger partial charge in [0.1, 0.15) is 9.88 Å². The number of likely N-dealkylation sites (tertiary alicyclic amines) is 1. The second-order valence-electron chi connectivity index (χ2n) is 5.53. The van der Waals surface area contributed by atoms with E-state index in [4.69, 9.17) is 0 Å². The summed E-state index contributed by atoms with van der Waals surface area (Å²) in [6, 6.07) is 9.39. The molecule has 7 heteroatoms. The van der Waals surface area contributed by atoms with Crippen molar-refractivity contribution in [2.24, 2.45) is 5.92 Å². The van der Waals surface area contributed by atoms with Crippen LogP contribution in [0.2, 0.25) is 0 Å². The van der Waals surface area contributed by atoms with E-state index in [1.165, 1.54) is 22.4 Å². The van der Waals surface area contributed by atoms with Gasteiger partial charge < -0.3 is 4.90 Å². The maximum absolute atomic E-state index is 12.9. The average Bonchev–Trinajstić information content (AvgIpc) is 3.04. The van der Waals surface area contributed by atoms with E-state index in [1.807, 2.05) is 30.3 Å². The highest BCUT2D eigenvalue weighted by atomic mass is 32.1. The molecule has 0 N–H and O–H groups in total. The van der Waals surface area contributed by atoms with E-state index < -0.39 is 12.1 Å². The summed E-state index contributed by atoms with van der Waals surface area (Å²) < 4.78 is 38.6. The average molecular weight is 340 g/mol. The number of benzene rings is 1. The molecule has 3 rings (SSSR count). The van der Waals surface area contributed by atoms with Crippen LogP contribution in [-0.2, 0) is 0 Å². The fraction of sp³-hybridized carbons (Fsp3) is 0.375. The topological polar surface area (TPSA) is 33.2 Å². The van der Waals surface area contributed by atoms with E-state index in [9.17, 15) is 18.0 Å². The SMILES string of the molecule is O=C(c1cnc(-c2ccccc2)s1)N1CCCC(C(F)(F)F)C1. The fourth-order valence-electron chi connectivity index (χ4n) is 2.67. The van der Waals surface area contributed by atoms with Gasteiger partial charge in [0, 0.05) is 18.7 Å². The number of amides is 1. The summed E-state index contributed by atoms with van der Waals surface area (Å²) in [5, 5.41) is 0.693. The van der Waals surface area contributed by atoms with Crippen molar-refractivity contribution in [3.8, 4) is 10.6 Å². The maximum Gasteiger partial charge on any atom is 0.393 e. The van der Waals surface area contributed by atoms with Gasteiger partial charge in [0.05, 0.1) is 12.1 Å². The van der Waals surface area contributed by atoms with Gasteiger partial charge >= 0.3 is 6.18 Å². The summed E-state index contributed by atoms with van der Waals surface area (Å²) in [6.45, 7) is 0.102. The Labute approximate surface area is 135 Å². The van der Waals surface area contributed by atoms with Crippen molar-refractivity contribution in [2.75, 3.05) is 13.1 Å². The van der Waals surface area contributed by atoms with Crippen LogP contribution in [0.4, 0.5) is 13.2 Å². The number of piperidine rings is 1. The number of halogens is 3. The minimum Gasteiger partial charge on any atom is -0.337 e. The summed E-state index contributed by atoms with van der Waals surface area (Å²) in [5.74, 6) is -1.79. The van der Waals surface area contributed by atoms with Gasteiger partial charge in [-0.15, -0.1) is 11.3 Å². The van der Waals surface area contributed by atoms with Crippen molar-refractivity contribution in [2.45, 2.75) is 19.0 Å². The zero-order valence-corrected chi connectivity index (χ0v) is 13.0. The molecule has 0 saturated carbocycles. The molecule has 1 aromatic carbocycles. The van der Waals surface area contributed by atoms with Gasteiger partial charge in [-0.05, 0) is 12.8 Å². The maximum atomic E-state index is 12.9. The molecule has 1 unspecified atom stereocenters. The predicted octanol–water partition coefficient (Wildman–Crippen LogP) is 4.22. The molecule has 2 heterocycles. The van der Waals surface area contributed by atoms with Crippen LogP contribution < -0.4 is 0 Å². The molecule has 0 radical (unpaired) electrons. The zero-order valence-electron chi connectivity index (χ0n) is 12.2. The van der Waals surface area contributed by atoms with E-state index in [0.717, 1.165) is 5.56 Å². The highest BCUT2D eigenvalue weighted by molar-refractivity contribution is 7.16. The number of nitrogens with zero attached hydrogens (tertiary/aromatic N) is 2. The molecule has 3 nitrogen and oxygen atoms in total. The summed E-state index contributed by atoms with van der Waals surface area (Å²) in [5.41, 5.74) is 0.892. The number of carbonyl (C=O) groups excluding carboxylic acids is 1. The number of hydrogen-bond donors (Lipinski definition) is 0. The molecule has 0 spiro atoms. The van der Waals surface area contributed by atoms with Crippen LogP contribution in [0, 0.1) is 5.92 Å². The lowest BCUT2D eigenvalue weighted by Gasteiger charge is -2.33. The minimum absolute atomic E-state index is 0.0885. The molecule has 0 bridgehead atoms. The first-order valence-electron chi connectivity index (χ1n) is 7.32. The Balaban J connectivity index is 1.75. The predicted molar refractivity (Wildman–Crippen MR) is 82.2 cm³/mol. The standard InChI is InChI=1S/C16H15F3N2OS/c17-16(18,19)12-7-4-8-21(10-12)15(22)13-9-20-14(23-13)11-5-2-1-3-6-11/h1-3,5-6,9,12H,4,7-8,10H2. The van der Waals surface area contributed by atoms with Gasteiger partial charge in [0.15, 0.2) is 0 Å². The van der Waals surface area contributed by atoms with Crippen LogP contribution in [-0.4, -0.2) is 35.1 Å². The van der Waals surface area contributed by atoms with Gasteiger partial charge in [-0.3, -0.25) is 4.79 Å². The molecule has 23 heavy (non-hydrogen) atoms. The van der Waals surface area contributed by atoms with E-state index in [1.54, 1.807) is 0 Å². The number of hydrogen-bond acceptors (Lipinski definition) is 3. The third kappa shape index (κ3) is 3.55. The molecule has 1 saturated heterocycles. The number of aromatic nitrogens is 1. The van der Waals surface area contributed by atoms with Gasteiger partial charge in [0.2, 0.25) is 0 Å². The van der Waals surface area contributed by atoms with Crippen LogP contribution in [0.25, 0.3) is 10.6 Å². The fourth-order valence-corrected chi connectivity index (χ4v) is 3.56. The van der Waals surface area contributed by atoms with Crippen molar-refractivity contribution < 1.29 is 18.0 Å². The van der Waals surface area contributed by atoms with Crippen molar-refractivity contribution >= 4 is 17.2 Å². The highest BCUT2D eigenvalue weighted by Crippen LogP contribution is 2.34. The van der Waals surface area contributed by atoms with Crippen molar-refractivity contribution in [3.63, 3.8) is 0 Å². The van der Waals surface area contributed by atoms with Crippen LogP contribution in [0.15, 0.2) is 36.5 Å². The summed E-state index contributed by atoms with van der Waals surface area (Å²) in [7, 11) is 0. The molecule has 0 aliphatic carbocycles. The van der Waals surface area contributed by atoms with Crippen molar-refractivity contribution in [3.05, 3.63) is 41.4 Å². The molecule has 122 valence electrons. The number of alkyl halides is 3. The Morgan fingerprint density at radius 1 is 1.26 bits per heavy atom. The molecule has 1 aliphatic rings. The Bertz CT molecular complexity index is 684. The smallest absolute Gasteiger partial charge is 0.337 e. The van der Waals surface area contributed by atoms with Crippen molar-refractivity contribution in [1.29, 1.82) is 0 Å². The van der Waals surface area contributed by atoms with E-state index in [-0.39, 0.29) is 18.9 Å². The van der Waals surface area contributed by atoms with Gasteiger partial charge in [-0.2, -0.15) is 13.2 Å². The summed E-state index contributed by atoms with van der Waals surface area (Å²) in [6.07, 6.45) is -2.33. The Kier molecular flexibility index (Phi) is 4.39. The van der Waals surface area contributed by atoms with Gasteiger partial charge in [0.25, 0.3) is 5.91 Å². The third-order valence-electron chi connectivity index (χ3n) is 3.91. The van der Waals surface area contributed by atoms with Crippen LogP contribution in [0.1, 0.15) is 22.5 Å². The lowest BCUT2D eigenvalue weighted by atomic mass is 9.97. The van der Waals surface area contributed by atoms with E-state index in [2.05, 4.69) is 4.98 Å².